The molecule has 0 fully saturated rings. The van der Waals surface area contributed by atoms with Crippen LogP contribution in [0.1, 0.15) is 25.5 Å². The van der Waals surface area contributed by atoms with Gasteiger partial charge in [-0.3, -0.25) is 0 Å². The minimum absolute atomic E-state index is 0.585. The Labute approximate surface area is 114 Å². The molecule has 0 unspecified atom stereocenters. The Balaban J connectivity index is 2.17. The van der Waals surface area contributed by atoms with Crippen LogP contribution in [0.5, 0.6) is 0 Å². The number of rotatable bonds is 6. The molecule has 0 atom stereocenters. The lowest BCUT2D eigenvalue weighted by Crippen LogP contribution is -2.09. The Hall–Kier alpha value is -0.990. The zero-order valence-corrected chi connectivity index (χ0v) is 12.1. The molecule has 2 rings (SSSR count). The van der Waals surface area contributed by atoms with E-state index in [-0.39, 0.29) is 0 Å². The van der Waals surface area contributed by atoms with Crippen molar-refractivity contribution in [2.45, 2.75) is 42.7 Å². The van der Waals surface area contributed by atoms with Gasteiger partial charge in [0.25, 0.3) is 0 Å². The van der Waals surface area contributed by atoms with E-state index in [9.17, 15) is 0 Å². The van der Waals surface area contributed by atoms with Crippen molar-refractivity contribution in [3.63, 3.8) is 0 Å². The summed E-state index contributed by atoms with van der Waals surface area (Å²) in [7, 11) is 0. The van der Waals surface area contributed by atoms with Gasteiger partial charge in [-0.25, -0.2) is 4.98 Å². The van der Waals surface area contributed by atoms with Crippen LogP contribution < -0.4 is 5.73 Å². The number of nitrogens with zero attached hydrogens (tertiary/aromatic N) is 5. The summed E-state index contributed by atoms with van der Waals surface area (Å²) >= 11 is 2.92. The lowest BCUT2D eigenvalue weighted by atomic mass is 10.4. The molecule has 0 radical (unpaired) electrons. The lowest BCUT2D eigenvalue weighted by molar-refractivity contribution is 0.640. The predicted molar refractivity (Wildman–Crippen MR) is 71.9 cm³/mol. The summed E-state index contributed by atoms with van der Waals surface area (Å²) in [5, 5.41) is 9.22. The molecular weight excluding hydrogens is 268 g/mol. The standard InChI is InChI=1S/C10H16N6S2/c1-3-7-12-10(18-15-7)17-9-14-13-8(5-6-11)16(9)4-2/h3-6,11H2,1-2H3. The van der Waals surface area contributed by atoms with Crippen molar-refractivity contribution in [3.8, 4) is 0 Å². The number of nitrogens with two attached hydrogens (primary N) is 1. The van der Waals surface area contributed by atoms with Crippen molar-refractivity contribution < 1.29 is 0 Å². The molecule has 0 saturated carbocycles. The van der Waals surface area contributed by atoms with Gasteiger partial charge >= 0.3 is 0 Å². The van der Waals surface area contributed by atoms with Crippen LogP contribution in [-0.2, 0) is 19.4 Å². The number of aromatic nitrogens is 5. The number of aryl methyl sites for hydroxylation is 1. The molecule has 6 nitrogen and oxygen atoms in total. The maximum Gasteiger partial charge on any atom is 0.198 e. The molecule has 98 valence electrons. The van der Waals surface area contributed by atoms with Crippen LogP contribution in [0.3, 0.4) is 0 Å². The molecule has 0 aliphatic rings. The van der Waals surface area contributed by atoms with E-state index in [0.717, 1.165) is 40.5 Å². The first-order valence-electron chi connectivity index (χ1n) is 5.91. The summed E-state index contributed by atoms with van der Waals surface area (Å²) in [6.07, 6.45) is 1.60. The average molecular weight is 284 g/mol. The fraction of sp³-hybridized carbons (Fsp3) is 0.600. The van der Waals surface area contributed by atoms with Crippen molar-refractivity contribution in [1.82, 2.24) is 24.1 Å². The molecular formula is C10H16N6S2. The Kier molecular flexibility index (Phi) is 4.67. The summed E-state index contributed by atoms with van der Waals surface area (Å²) < 4.78 is 7.25. The molecule has 18 heavy (non-hydrogen) atoms. The molecule has 0 aliphatic heterocycles. The maximum absolute atomic E-state index is 5.56. The van der Waals surface area contributed by atoms with E-state index in [0.29, 0.717) is 6.54 Å². The van der Waals surface area contributed by atoms with Gasteiger partial charge in [0.15, 0.2) is 9.50 Å². The third-order valence-corrected chi connectivity index (χ3v) is 4.20. The third kappa shape index (κ3) is 2.88. The molecule has 2 N–H and O–H groups in total. The minimum Gasteiger partial charge on any atom is -0.330 e. The van der Waals surface area contributed by atoms with Crippen molar-refractivity contribution in [1.29, 1.82) is 0 Å². The molecule has 2 heterocycles. The van der Waals surface area contributed by atoms with Crippen LogP contribution in [0.25, 0.3) is 0 Å². The molecule has 0 amide bonds. The van der Waals surface area contributed by atoms with E-state index in [1.807, 2.05) is 6.92 Å². The quantitative estimate of drug-likeness (QED) is 0.862. The van der Waals surface area contributed by atoms with E-state index in [1.165, 1.54) is 23.3 Å². The molecule has 0 aromatic carbocycles. The van der Waals surface area contributed by atoms with E-state index in [4.69, 9.17) is 5.73 Å². The Morgan fingerprint density at radius 1 is 1.33 bits per heavy atom. The number of hydrogen-bond donors (Lipinski definition) is 1. The van der Waals surface area contributed by atoms with E-state index < -0.39 is 0 Å². The normalized spacial score (nSPS) is 11.1. The second-order valence-electron chi connectivity index (χ2n) is 3.61. The van der Waals surface area contributed by atoms with Gasteiger partial charge in [0, 0.05) is 19.4 Å². The monoisotopic (exact) mass is 284 g/mol. The van der Waals surface area contributed by atoms with Crippen molar-refractivity contribution in [3.05, 3.63) is 11.6 Å². The maximum atomic E-state index is 5.56. The van der Waals surface area contributed by atoms with E-state index >= 15 is 0 Å². The predicted octanol–water partition coefficient (Wildman–Crippen LogP) is 1.36. The molecule has 0 aliphatic carbocycles. The highest BCUT2D eigenvalue weighted by atomic mass is 32.2. The molecule has 0 saturated heterocycles. The first-order chi connectivity index (χ1) is 8.78. The lowest BCUT2D eigenvalue weighted by Gasteiger charge is -2.04. The second kappa shape index (κ2) is 6.26. The minimum atomic E-state index is 0.585. The molecule has 0 bridgehead atoms. The molecule has 2 aromatic heterocycles. The van der Waals surface area contributed by atoms with Crippen molar-refractivity contribution in [2.75, 3.05) is 6.54 Å². The van der Waals surface area contributed by atoms with Crippen LogP contribution in [0.15, 0.2) is 9.50 Å². The van der Waals surface area contributed by atoms with E-state index in [1.54, 1.807) is 0 Å². The summed E-state index contributed by atoms with van der Waals surface area (Å²) in [6.45, 7) is 5.54. The molecule has 2 aromatic rings. The highest BCUT2D eigenvalue weighted by molar-refractivity contribution is 8.00. The molecule has 8 heteroatoms. The van der Waals surface area contributed by atoms with Gasteiger partial charge in [0.2, 0.25) is 0 Å². The van der Waals surface area contributed by atoms with Gasteiger partial charge in [0.05, 0.1) is 0 Å². The third-order valence-electron chi connectivity index (χ3n) is 2.42. The van der Waals surface area contributed by atoms with Gasteiger partial charge < -0.3 is 10.3 Å². The summed E-state index contributed by atoms with van der Waals surface area (Å²) in [4.78, 5) is 4.42. The highest BCUT2D eigenvalue weighted by Crippen LogP contribution is 2.28. The van der Waals surface area contributed by atoms with Crippen molar-refractivity contribution in [2.24, 2.45) is 5.73 Å². The van der Waals surface area contributed by atoms with Crippen LogP contribution in [-0.4, -0.2) is 30.7 Å². The van der Waals surface area contributed by atoms with Gasteiger partial charge in [-0.1, -0.05) is 6.92 Å². The van der Waals surface area contributed by atoms with Gasteiger partial charge in [-0.15, -0.1) is 10.2 Å². The first-order valence-corrected chi connectivity index (χ1v) is 7.50. The van der Waals surface area contributed by atoms with Crippen LogP contribution in [0, 0.1) is 0 Å². The summed E-state index contributed by atoms with van der Waals surface area (Å²) in [6, 6.07) is 0. The highest BCUT2D eigenvalue weighted by Gasteiger charge is 2.13. The number of hydrogen-bond acceptors (Lipinski definition) is 7. The van der Waals surface area contributed by atoms with Gasteiger partial charge in [-0.2, -0.15) is 4.37 Å². The zero-order valence-electron chi connectivity index (χ0n) is 10.5. The fourth-order valence-electron chi connectivity index (χ4n) is 1.53. The summed E-state index contributed by atoms with van der Waals surface area (Å²) in [5.41, 5.74) is 5.56. The smallest absolute Gasteiger partial charge is 0.198 e. The van der Waals surface area contributed by atoms with E-state index in [2.05, 4.69) is 31.0 Å². The van der Waals surface area contributed by atoms with Gasteiger partial charge in [0.1, 0.15) is 11.6 Å². The Morgan fingerprint density at radius 2 is 2.17 bits per heavy atom. The fourth-order valence-corrected chi connectivity index (χ4v) is 3.24. The van der Waals surface area contributed by atoms with Crippen molar-refractivity contribution >= 4 is 23.3 Å². The largest absolute Gasteiger partial charge is 0.330 e. The molecule has 0 spiro atoms. The first kappa shape index (κ1) is 13.4. The van der Waals surface area contributed by atoms with Crippen LogP contribution in [0.2, 0.25) is 0 Å². The van der Waals surface area contributed by atoms with Crippen LogP contribution >= 0.6 is 23.3 Å². The second-order valence-corrected chi connectivity index (χ2v) is 5.58. The van der Waals surface area contributed by atoms with Crippen LogP contribution in [0.4, 0.5) is 0 Å². The topological polar surface area (TPSA) is 82.5 Å². The van der Waals surface area contributed by atoms with Gasteiger partial charge in [-0.05, 0) is 36.8 Å². The Morgan fingerprint density at radius 3 is 2.78 bits per heavy atom. The Bertz CT molecular complexity index is 506. The SMILES string of the molecule is CCc1nsc(Sc2nnc(CCN)n2CC)n1. The zero-order chi connectivity index (χ0) is 13.0. The summed E-state index contributed by atoms with van der Waals surface area (Å²) in [5.74, 6) is 1.81. The average Bonchev–Trinajstić information content (AvgIpc) is 2.97.